The molecule has 7 heteroatoms. The third-order valence-corrected chi connectivity index (χ3v) is 5.01. The lowest BCUT2D eigenvalue weighted by Crippen LogP contribution is -2.09. The fourth-order valence-corrected chi connectivity index (χ4v) is 3.48. The molecule has 6 nitrogen and oxygen atoms in total. The maximum Gasteiger partial charge on any atom is 0.343 e. The van der Waals surface area contributed by atoms with Crippen molar-refractivity contribution in [3.05, 3.63) is 83.9 Å². The van der Waals surface area contributed by atoms with Crippen LogP contribution in [0.3, 0.4) is 0 Å². The fourth-order valence-electron chi connectivity index (χ4n) is 2.66. The number of aromatic nitrogens is 1. The number of esters is 1. The van der Waals surface area contributed by atoms with E-state index in [1.54, 1.807) is 48.7 Å². The molecule has 3 aromatic carbocycles. The Morgan fingerprint density at radius 1 is 1.03 bits per heavy atom. The van der Waals surface area contributed by atoms with E-state index in [0.717, 1.165) is 15.8 Å². The monoisotopic (exact) mass is 403 g/mol. The summed E-state index contributed by atoms with van der Waals surface area (Å²) in [5.74, 6) is 0.346. The van der Waals surface area contributed by atoms with Crippen molar-refractivity contribution >= 4 is 38.9 Å². The SMILES string of the molecule is COc1cc(/C=N\Nc2nc3ccccc3s2)ccc1OC(=O)c1ccccc1. The average Bonchev–Trinajstić information content (AvgIpc) is 3.18. The van der Waals surface area contributed by atoms with Gasteiger partial charge < -0.3 is 9.47 Å². The molecule has 0 aliphatic heterocycles. The van der Waals surface area contributed by atoms with Crippen molar-refractivity contribution in [2.45, 2.75) is 0 Å². The summed E-state index contributed by atoms with van der Waals surface area (Å²) >= 11 is 1.53. The molecule has 0 bridgehead atoms. The largest absolute Gasteiger partial charge is 0.493 e. The summed E-state index contributed by atoms with van der Waals surface area (Å²) in [7, 11) is 1.52. The van der Waals surface area contributed by atoms with Gasteiger partial charge in [0.25, 0.3) is 0 Å². The molecule has 1 N–H and O–H groups in total. The second-order valence-corrected chi connectivity index (χ2v) is 7.05. The molecule has 144 valence electrons. The average molecular weight is 403 g/mol. The zero-order valence-electron chi connectivity index (χ0n) is 15.5. The minimum Gasteiger partial charge on any atom is -0.493 e. The van der Waals surface area contributed by atoms with Gasteiger partial charge in [0.2, 0.25) is 5.13 Å². The van der Waals surface area contributed by atoms with Crippen LogP contribution in [0.1, 0.15) is 15.9 Å². The van der Waals surface area contributed by atoms with Crippen LogP contribution in [0.2, 0.25) is 0 Å². The van der Waals surface area contributed by atoms with Gasteiger partial charge in [0.1, 0.15) is 0 Å². The van der Waals surface area contributed by atoms with Gasteiger partial charge in [-0.15, -0.1) is 0 Å². The molecule has 1 heterocycles. The predicted octanol–water partition coefficient (Wildman–Crippen LogP) is 4.97. The van der Waals surface area contributed by atoms with Gasteiger partial charge in [0, 0.05) is 0 Å². The van der Waals surface area contributed by atoms with Crippen LogP contribution in [0.15, 0.2) is 77.9 Å². The van der Waals surface area contributed by atoms with Crippen LogP contribution < -0.4 is 14.9 Å². The Balaban J connectivity index is 1.45. The number of benzene rings is 3. The van der Waals surface area contributed by atoms with Crippen molar-refractivity contribution in [1.82, 2.24) is 4.98 Å². The van der Waals surface area contributed by atoms with Gasteiger partial charge in [-0.25, -0.2) is 9.78 Å². The Hall–Kier alpha value is -3.71. The number of hydrogen-bond donors (Lipinski definition) is 1. The van der Waals surface area contributed by atoms with Crippen LogP contribution in [0.25, 0.3) is 10.2 Å². The second kappa shape index (κ2) is 8.53. The molecule has 4 rings (SSSR count). The van der Waals surface area contributed by atoms with Gasteiger partial charge >= 0.3 is 5.97 Å². The first-order valence-electron chi connectivity index (χ1n) is 8.83. The lowest BCUT2D eigenvalue weighted by Gasteiger charge is -2.09. The van der Waals surface area contributed by atoms with Crippen LogP contribution >= 0.6 is 11.3 Å². The lowest BCUT2D eigenvalue weighted by atomic mass is 10.2. The van der Waals surface area contributed by atoms with Gasteiger partial charge in [-0.05, 0) is 48.0 Å². The number of hydrogen-bond acceptors (Lipinski definition) is 7. The molecule has 0 amide bonds. The molecule has 4 aromatic rings. The lowest BCUT2D eigenvalue weighted by molar-refractivity contribution is 0.0729. The van der Waals surface area contributed by atoms with Gasteiger partial charge in [0.15, 0.2) is 11.5 Å². The van der Waals surface area contributed by atoms with Gasteiger partial charge in [0.05, 0.1) is 29.1 Å². The molecule has 0 atom stereocenters. The van der Waals surface area contributed by atoms with Crippen LogP contribution in [-0.4, -0.2) is 24.3 Å². The predicted molar refractivity (Wildman–Crippen MR) is 115 cm³/mol. The zero-order chi connectivity index (χ0) is 20.1. The van der Waals surface area contributed by atoms with Gasteiger partial charge in [-0.1, -0.05) is 41.7 Å². The number of carbonyl (C=O) groups excluding carboxylic acids is 1. The van der Waals surface area contributed by atoms with Crippen LogP contribution in [0.4, 0.5) is 5.13 Å². The highest BCUT2D eigenvalue weighted by Crippen LogP contribution is 2.29. The highest BCUT2D eigenvalue weighted by molar-refractivity contribution is 7.22. The molecule has 29 heavy (non-hydrogen) atoms. The molecular formula is C22H17N3O3S. The van der Waals surface area contributed by atoms with E-state index in [9.17, 15) is 4.79 Å². The van der Waals surface area contributed by atoms with E-state index >= 15 is 0 Å². The van der Waals surface area contributed by atoms with Crippen LogP contribution in [-0.2, 0) is 0 Å². The number of anilines is 1. The molecule has 0 fully saturated rings. The maximum absolute atomic E-state index is 12.3. The number of nitrogens with one attached hydrogen (secondary N) is 1. The molecule has 0 aliphatic carbocycles. The van der Waals surface area contributed by atoms with E-state index < -0.39 is 5.97 Å². The Morgan fingerprint density at radius 2 is 1.83 bits per heavy atom. The number of ether oxygens (including phenoxy) is 2. The van der Waals surface area contributed by atoms with Crippen LogP contribution in [0.5, 0.6) is 11.5 Å². The van der Waals surface area contributed by atoms with Crippen molar-refractivity contribution in [2.75, 3.05) is 12.5 Å². The molecule has 0 saturated carbocycles. The molecule has 0 unspecified atom stereocenters. The number of para-hydroxylation sites is 1. The second-order valence-electron chi connectivity index (χ2n) is 6.02. The number of hydrazone groups is 1. The number of methoxy groups -OCH3 is 1. The smallest absolute Gasteiger partial charge is 0.343 e. The summed E-state index contributed by atoms with van der Waals surface area (Å²) in [5.41, 5.74) is 5.13. The molecule has 0 saturated heterocycles. The minimum atomic E-state index is -0.442. The first-order chi connectivity index (χ1) is 14.2. The van der Waals surface area contributed by atoms with E-state index in [2.05, 4.69) is 15.5 Å². The Morgan fingerprint density at radius 3 is 2.62 bits per heavy atom. The van der Waals surface area contributed by atoms with Crippen molar-refractivity contribution in [2.24, 2.45) is 5.10 Å². The van der Waals surface area contributed by atoms with Gasteiger partial charge in [-0.2, -0.15) is 5.10 Å². The first kappa shape index (κ1) is 18.6. The number of thiazole rings is 1. The third-order valence-electron chi connectivity index (χ3n) is 4.07. The van der Waals surface area contributed by atoms with Crippen molar-refractivity contribution in [3.8, 4) is 11.5 Å². The standard InChI is InChI=1S/C22H17N3O3S/c1-27-19-13-15(11-12-18(19)28-21(26)16-7-3-2-4-8-16)14-23-25-22-24-17-9-5-6-10-20(17)29-22/h2-14H,1H3,(H,24,25)/b23-14-. The zero-order valence-corrected chi connectivity index (χ0v) is 16.3. The summed E-state index contributed by atoms with van der Waals surface area (Å²) in [4.78, 5) is 16.7. The van der Waals surface area contributed by atoms with Crippen molar-refractivity contribution < 1.29 is 14.3 Å². The Labute approximate surface area is 171 Å². The number of carbonyl (C=O) groups is 1. The molecule has 0 radical (unpaired) electrons. The third kappa shape index (κ3) is 4.41. The highest BCUT2D eigenvalue weighted by atomic mass is 32.1. The van der Waals surface area contributed by atoms with Crippen LogP contribution in [0, 0.1) is 0 Å². The normalized spacial score (nSPS) is 10.9. The summed E-state index contributed by atoms with van der Waals surface area (Å²) in [6.07, 6.45) is 1.65. The topological polar surface area (TPSA) is 72.8 Å². The fraction of sp³-hybridized carbons (Fsp3) is 0.0455. The van der Waals surface area contributed by atoms with E-state index in [-0.39, 0.29) is 0 Å². The summed E-state index contributed by atoms with van der Waals surface area (Å²) in [6, 6.07) is 21.9. The van der Waals surface area contributed by atoms with E-state index in [4.69, 9.17) is 9.47 Å². The molecule has 0 spiro atoms. The quantitative estimate of drug-likeness (QED) is 0.213. The summed E-state index contributed by atoms with van der Waals surface area (Å²) in [6.45, 7) is 0. The van der Waals surface area contributed by atoms with E-state index in [1.807, 2.05) is 30.3 Å². The number of rotatable bonds is 6. The maximum atomic E-state index is 12.3. The molecule has 1 aromatic heterocycles. The summed E-state index contributed by atoms with van der Waals surface area (Å²) < 4.78 is 11.9. The Bertz CT molecular complexity index is 1140. The number of nitrogens with zero attached hydrogens (tertiary/aromatic N) is 2. The van der Waals surface area contributed by atoms with Gasteiger partial charge in [-0.3, -0.25) is 5.43 Å². The minimum absolute atomic E-state index is 0.345. The summed E-state index contributed by atoms with van der Waals surface area (Å²) in [5, 5.41) is 4.94. The Kier molecular flexibility index (Phi) is 5.49. The molecule has 0 aliphatic rings. The van der Waals surface area contributed by atoms with Crippen molar-refractivity contribution in [3.63, 3.8) is 0 Å². The van der Waals surface area contributed by atoms with E-state index in [1.165, 1.54) is 18.4 Å². The van der Waals surface area contributed by atoms with E-state index in [0.29, 0.717) is 22.2 Å². The van der Waals surface area contributed by atoms with Crippen molar-refractivity contribution in [1.29, 1.82) is 0 Å². The molecular weight excluding hydrogens is 386 g/mol. The highest BCUT2D eigenvalue weighted by Gasteiger charge is 2.12. The number of fused-ring (bicyclic) bond motifs is 1. The first-order valence-corrected chi connectivity index (χ1v) is 9.64.